The van der Waals surface area contributed by atoms with E-state index in [9.17, 15) is 4.79 Å². The van der Waals surface area contributed by atoms with Crippen LogP contribution < -0.4 is 10.3 Å². The van der Waals surface area contributed by atoms with Crippen LogP contribution in [0.15, 0.2) is 84.0 Å². The van der Waals surface area contributed by atoms with E-state index >= 15 is 0 Å². The third-order valence-electron chi connectivity index (χ3n) is 4.37. The van der Waals surface area contributed by atoms with Crippen molar-refractivity contribution in [2.24, 2.45) is 5.10 Å². The molecular weight excluding hydrogens is 350 g/mol. The molecule has 0 aliphatic carbocycles. The zero-order valence-electron chi connectivity index (χ0n) is 15.7. The zero-order valence-corrected chi connectivity index (χ0v) is 15.7. The van der Waals surface area contributed by atoms with E-state index < -0.39 is 5.97 Å². The van der Waals surface area contributed by atoms with Crippen molar-refractivity contribution in [3.63, 3.8) is 0 Å². The van der Waals surface area contributed by atoms with Gasteiger partial charge in [0.1, 0.15) is 0 Å². The first-order valence-electron chi connectivity index (χ1n) is 9.17. The predicted molar refractivity (Wildman–Crippen MR) is 114 cm³/mol. The highest BCUT2D eigenvalue weighted by molar-refractivity contribution is 5.89. The quantitative estimate of drug-likeness (QED) is 0.437. The second-order valence-corrected chi connectivity index (χ2v) is 6.35. The molecule has 0 saturated heterocycles. The summed E-state index contributed by atoms with van der Waals surface area (Å²) in [6.07, 6.45) is 1.71. The predicted octanol–water partition coefficient (Wildman–Crippen LogP) is 4.86. The molecule has 0 radical (unpaired) electrons. The van der Waals surface area contributed by atoms with E-state index in [1.807, 2.05) is 18.2 Å². The largest absolute Gasteiger partial charge is 0.478 e. The normalized spacial score (nSPS) is 10.8. The van der Waals surface area contributed by atoms with E-state index in [2.05, 4.69) is 58.7 Å². The molecular formula is C23H23N3O2. The fraction of sp³-hybridized carbons (Fsp3) is 0.130. The van der Waals surface area contributed by atoms with Gasteiger partial charge in [0.2, 0.25) is 0 Å². The molecule has 0 amide bonds. The van der Waals surface area contributed by atoms with Crippen LogP contribution in [0.2, 0.25) is 0 Å². The first-order chi connectivity index (χ1) is 13.7. The summed E-state index contributed by atoms with van der Waals surface area (Å²) >= 11 is 0. The van der Waals surface area contributed by atoms with E-state index in [-0.39, 0.29) is 5.56 Å². The highest BCUT2D eigenvalue weighted by atomic mass is 16.4. The van der Waals surface area contributed by atoms with Gasteiger partial charge in [-0.05, 0) is 48.4 Å². The third-order valence-corrected chi connectivity index (χ3v) is 4.37. The lowest BCUT2D eigenvalue weighted by molar-refractivity contribution is 0.0697. The molecule has 0 aliphatic heterocycles. The molecule has 5 nitrogen and oxygen atoms in total. The maximum atomic E-state index is 11.0. The van der Waals surface area contributed by atoms with Gasteiger partial charge >= 0.3 is 5.97 Å². The fourth-order valence-corrected chi connectivity index (χ4v) is 2.86. The average Bonchev–Trinajstić information content (AvgIpc) is 2.73. The maximum Gasteiger partial charge on any atom is 0.335 e. The number of benzene rings is 3. The van der Waals surface area contributed by atoms with Crippen LogP contribution in [0.5, 0.6) is 0 Å². The SMILES string of the molecule is CCN(Cc1ccccc1)c1ccc(/C=N\Nc2cccc(C(=O)O)c2)cc1. The molecule has 0 atom stereocenters. The summed E-state index contributed by atoms with van der Waals surface area (Å²) < 4.78 is 0. The van der Waals surface area contributed by atoms with E-state index in [4.69, 9.17) is 5.11 Å². The Kier molecular flexibility index (Phi) is 6.41. The van der Waals surface area contributed by atoms with Gasteiger partial charge in [0.15, 0.2) is 0 Å². The van der Waals surface area contributed by atoms with E-state index in [0.717, 1.165) is 24.3 Å². The van der Waals surface area contributed by atoms with Crippen molar-refractivity contribution in [3.05, 3.63) is 95.6 Å². The van der Waals surface area contributed by atoms with Crippen molar-refractivity contribution in [2.75, 3.05) is 16.9 Å². The molecule has 0 fully saturated rings. The van der Waals surface area contributed by atoms with E-state index in [1.165, 1.54) is 5.56 Å². The van der Waals surface area contributed by atoms with Gasteiger partial charge < -0.3 is 10.0 Å². The number of hydrazone groups is 1. The second-order valence-electron chi connectivity index (χ2n) is 6.35. The number of rotatable bonds is 8. The molecule has 0 bridgehead atoms. The van der Waals surface area contributed by atoms with Crippen molar-refractivity contribution in [2.45, 2.75) is 13.5 Å². The molecule has 0 aromatic heterocycles. The van der Waals surface area contributed by atoms with Crippen LogP contribution in [0.25, 0.3) is 0 Å². The summed E-state index contributed by atoms with van der Waals surface area (Å²) in [6, 6.07) is 25.2. The summed E-state index contributed by atoms with van der Waals surface area (Å²) in [6.45, 7) is 3.93. The highest BCUT2D eigenvalue weighted by Crippen LogP contribution is 2.18. The average molecular weight is 373 g/mol. The van der Waals surface area contributed by atoms with E-state index in [1.54, 1.807) is 30.5 Å². The number of nitrogens with zero attached hydrogens (tertiary/aromatic N) is 2. The number of carboxylic acid groups (broad SMARTS) is 1. The number of anilines is 2. The topological polar surface area (TPSA) is 64.9 Å². The molecule has 2 N–H and O–H groups in total. The smallest absolute Gasteiger partial charge is 0.335 e. The summed E-state index contributed by atoms with van der Waals surface area (Å²) in [5.74, 6) is -0.959. The Hall–Kier alpha value is -3.60. The molecule has 0 heterocycles. The van der Waals surface area contributed by atoms with Crippen molar-refractivity contribution in [1.82, 2.24) is 0 Å². The van der Waals surface area contributed by atoms with Gasteiger partial charge in [0.25, 0.3) is 0 Å². The molecule has 3 rings (SSSR count). The first kappa shape index (κ1) is 19.2. The van der Waals surface area contributed by atoms with Crippen LogP contribution >= 0.6 is 0 Å². The van der Waals surface area contributed by atoms with Crippen molar-refractivity contribution >= 4 is 23.6 Å². The monoisotopic (exact) mass is 373 g/mol. The van der Waals surface area contributed by atoms with Gasteiger partial charge in [-0.3, -0.25) is 5.43 Å². The Morgan fingerprint density at radius 1 is 1.04 bits per heavy atom. The fourth-order valence-electron chi connectivity index (χ4n) is 2.86. The number of carboxylic acids is 1. The molecule has 0 aliphatic rings. The van der Waals surface area contributed by atoms with Gasteiger partial charge in [0, 0.05) is 18.8 Å². The van der Waals surface area contributed by atoms with Crippen LogP contribution in [0.1, 0.15) is 28.4 Å². The lowest BCUT2D eigenvalue weighted by Crippen LogP contribution is -2.21. The molecule has 0 saturated carbocycles. The van der Waals surface area contributed by atoms with Gasteiger partial charge in [-0.1, -0.05) is 48.5 Å². The number of carbonyl (C=O) groups is 1. The Bertz CT molecular complexity index is 938. The second kappa shape index (κ2) is 9.37. The lowest BCUT2D eigenvalue weighted by atomic mass is 10.1. The summed E-state index contributed by atoms with van der Waals surface area (Å²) in [5, 5.41) is 13.2. The number of hydrogen-bond donors (Lipinski definition) is 2. The van der Waals surface area contributed by atoms with Crippen molar-refractivity contribution < 1.29 is 9.90 Å². The minimum absolute atomic E-state index is 0.225. The number of hydrogen-bond acceptors (Lipinski definition) is 4. The summed E-state index contributed by atoms with van der Waals surface area (Å²) in [7, 11) is 0. The molecule has 0 spiro atoms. The minimum atomic E-state index is -0.959. The lowest BCUT2D eigenvalue weighted by Gasteiger charge is -2.23. The zero-order chi connectivity index (χ0) is 19.8. The summed E-state index contributed by atoms with van der Waals surface area (Å²) in [5.41, 5.74) is 7.12. The van der Waals surface area contributed by atoms with E-state index in [0.29, 0.717) is 5.69 Å². The number of aromatic carboxylic acids is 1. The molecule has 5 heteroatoms. The molecule has 3 aromatic carbocycles. The van der Waals surface area contributed by atoms with Crippen LogP contribution in [0.3, 0.4) is 0 Å². The first-order valence-corrected chi connectivity index (χ1v) is 9.17. The van der Waals surface area contributed by atoms with Crippen LogP contribution in [-0.4, -0.2) is 23.8 Å². The minimum Gasteiger partial charge on any atom is -0.478 e. The van der Waals surface area contributed by atoms with Crippen LogP contribution in [-0.2, 0) is 6.54 Å². The Morgan fingerprint density at radius 2 is 1.79 bits per heavy atom. The Labute approximate surface area is 165 Å². The van der Waals surface area contributed by atoms with Gasteiger partial charge in [-0.25, -0.2) is 4.79 Å². The number of nitrogens with one attached hydrogen (secondary N) is 1. The highest BCUT2D eigenvalue weighted by Gasteiger charge is 2.05. The standard InChI is InChI=1S/C23H23N3O2/c1-2-26(17-19-7-4-3-5-8-19)22-13-11-18(12-14-22)16-24-25-21-10-6-9-20(15-21)23(27)28/h3-16,25H,2,17H2,1H3,(H,27,28)/b24-16-. The van der Waals surface area contributed by atoms with Gasteiger partial charge in [-0.2, -0.15) is 5.10 Å². The Balaban J connectivity index is 1.62. The Morgan fingerprint density at radius 3 is 2.46 bits per heavy atom. The maximum absolute atomic E-state index is 11.0. The summed E-state index contributed by atoms with van der Waals surface area (Å²) in [4.78, 5) is 13.3. The third kappa shape index (κ3) is 5.20. The molecule has 0 unspecified atom stereocenters. The van der Waals surface area contributed by atoms with Gasteiger partial charge in [-0.15, -0.1) is 0 Å². The van der Waals surface area contributed by atoms with Crippen LogP contribution in [0.4, 0.5) is 11.4 Å². The van der Waals surface area contributed by atoms with Crippen LogP contribution in [0, 0.1) is 0 Å². The van der Waals surface area contributed by atoms with Crippen molar-refractivity contribution in [1.29, 1.82) is 0 Å². The molecule has 3 aromatic rings. The molecule has 28 heavy (non-hydrogen) atoms. The molecule has 142 valence electrons. The van der Waals surface area contributed by atoms with Gasteiger partial charge in [0.05, 0.1) is 17.5 Å². The van der Waals surface area contributed by atoms with Crippen molar-refractivity contribution in [3.8, 4) is 0 Å².